The number of halogens is 2. The molecule has 4 nitrogen and oxygen atoms in total. The largest absolute Gasteiger partial charge is 0.465 e. The molecular weight excluding hydrogens is 435 g/mol. The van der Waals surface area contributed by atoms with E-state index in [1.807, 2.05) is 45.0 Å². The Morgan fingerprint density at radius 2 is 1.72 bits per heavy atom. The lowest BCUT2D eigenvalue weighted by molar-refractivity contribution is 0.125. The SMILES string of the molecule is C[C@@H](c1ccc(Br)cc1)N(CC[C@H](CC(C)(C)C#N)c1ccc(F)cc1)C(=O)O. The Balaban J connectivity index is 2.21. The van der Waals surface area contributed by atoms with Crippen LogP contribution >= 0.6 is 15.9 Å². The second-order valence-electron chi connectivity index (χ2n) is 7.94. The molecule has 29 heavy (non-hydrogen) atoms. The van der Waals surface area contributed by atoms with Gasteiger partial charge in [0, 0.05) is 11.0 Å². The van der Waals surface area contributed by atoms with Crippen LogP contribution in [0.15, 0.2) is 53.0 Å². The predicted molar refractivity (Wildman–Crippen MR) is 115 cm³/mol. The standard InChI is InChI=1S/C23H26BrFN2O2/c1-16(17-4-8-20(24)9-5-17)27(22(28)29)13-12-19(14-23(2,3)15-26)18-6-10-21(25)11-7-18/h4-11,16,19H,12-14H2,1-3H3,(H,28,29)/t16-,19+/m0/s1. The Bertz CT molecular complexity index is 860. The van der Waals surface area contributed by atoms with Gasteiger partial charge in [-0.05, 0) is 74.9 Å². The van der Waals surface area contributed by atoms with Crippen LogP contribution in [0, 0.1) is 22.6 Å². The van der Waals surface area contributed by atoms with Crippen molar-refractivity contribution in [2.45, 2.75) is 45.6 Å². The Kier molecular flexibility index (Phi) is 7.80. The van der Waals surface area contributed by atoms with E-state index in [0.29, 0.717) is 19.4 Å². The summed E-state index contributed by atoms with van der Waals surface area (Å²) >= 11 is 3.39. The lowest BCUT2D eigenvalue weighted by atomic mass is 9.79. The normalized spacial score (nSPS) is 13.4. The fourth-order valence-electron chi connectivity index (χ4n) is 3.45. The molecule has 1 N–H and O–H groups in total. The molecule has 1 amide bonds. The first-order chi connectivity index (χ1) is 13.6. The monoisotopic (exact) mass is 460 g/mol. The van der Waals surface area contributed by atoms with Crippen molar-refractivity contribution in [3.63, 3.8) is 0 Å². The van der Waals surface area contributed by atoms with Gasteiger partial charge in [-0.15, -0.1) is 0 Å². The minimum atomic E-state index is -0.988. The van der Waals surface area contributed by atoms with E-state index in [9.17, 15) is 19.6 Å². The van der Waals surface area contributed by atoms with E-state index >= 15 is 0 Å². The summed E-state index contributed by atoms with van der Waals surface area (Å²) in [5.74, 6) is -0.368. The summed E-state index contributed by atoms with van der Waals surface area (Å²) in [6.45, 7) is 5.91. The third-order valence-electron chi connectivity index (χ3n) is 5.18. The molecule has 2 aromatic carbocycles. The molecule has 2 atom stereocenters. The molecular formula is C23H26BrFN2O2. The van der Waals surface area contributed by atoms with E-state index in [4.69, 9.17) is 0 Å². The number of amides is 1. The molecule has 0 radical (unpaired) electrons. The molecule has 0 aliphatic rings. The summed E-state index contributed by atoms with van der Waals surface area (Å²) < 4.78 is 14.3. The van der Waals surface area contributed by atoms with E-state index in [1.165, 1.54) is 17.0 Å². The second-order valence-corrected chi connectivity index (χ2v) is 8.86. The molecule has 0 aliphatic heterocycles. The molecule has 0 spiro atoms. The number of benzene rings is 2. The van der Waals surface area contributed by atoms with E-state index in [1.54, 1.807) is 12.1 Å². The molecule has 154 valence electrons. The molecule has 0 aromatic heterocycles. The van der Waals surface area contributed by atoms with Gasteiger partial charge in [0.1, 0.15) is 5.82 Å². The first-order valence-electron chi connectivity index (χ1n) is 9.54. The van der Waals surface area contributed by atoms with Crippen LogP contribution < -0.4 is 0 Å². The Morgan fingerprint density at radius 1 is 1.17 bits per heavy atom. The molecule has 0 aliphatic carbocycles. The number of hydrogen-bond donors (Lipinski definition) is 1. The molecule has 2 aromatic rings. The van der Waals surface area contributed by atoms with Crippen LogP contribution in [0.1, 0.15) is 56.7 Å². The highest BCUT2D eigenvalue weighted by Gasteiger charge is 2.27. The van der Waals surface area contributed by atoms with Crippen molar-refractivity contribution in [3.05, 3.63) is 69.9 Å². The van der Waals surface area contributed by atoms with Crippen molar-refractivity contribution < 1.29 is 14.3 Å². The maximum atomic E-state index is 13.4. The number of nitrogens with zero attached hydrogens (tertiary/aromatic N) is 2. The zero-order chi connectivity index (χ0) is 21.6. The number of carbonyl (C=O) groups is 1. The topological polar surface area (TPSA) is 64.3 Å². The maximum Gasteiger partial charge on any atom is 0.407 e. The van der Waals surface area contributed by atoms with Gasteiger partial charge in [-0.1, -0.05) is 40.2 Å². The summed E-state index contributed by atoms with van der Waals surface area (Å²) in [6.07, 6.45) is 0.122. The highest BCUT2D eigenvalue weighted by Crippen LogP contribution is 2.34. The van der Waals surface area contributed by atoms with Crippen molar-refractivity contribution >= 4 is 22.0 Å². The van der Waals surface area contributed by atoms with Crippen LogP contribution in [0.25, 0.3) is 0 Å². The lowest BCUT2D eigenvalue weighted by Gasteiger charge is -2.30. The molecule has 6 heteroatoms. The third kappa shape index (κ3) is 6.57. The molecule has 0 bridgehead atoms. The molecule has 0 saturated carbocycles. The van der Waals surface area contributed by atoms with Gasteiger partial charge < -0.3 is 10.0 Å². The zero-order valence-corrected chi connectivity index (χ0v) is 18.5. The summed E-state index contributed by atoms with van der Waals surface area (Å²) in [4.78, 5) is 13.3. The summed E-state index contributed by atoms with van der Waals surface area (Å²) in [7, 11) is 0. The first kappa shape index (κ1) is 22.9. The van der Waals surface area contributed by atoms with Gasteiger partial charge >= 0.3 is 6.09 Å². The predicted octanol–water partition coefficient (Wildman–Crippen LogP) is 6.74. The number of rotatable bonds is 8. The van der Waals surface area contributed by atoms with Crippen LogP contribution in [0.2, 0.25) is 0 Å². The van der Waals surface area contributed by atoms with Crippen molar-refractivity contribution in [2.24, 2.45) is 5.41 Å². The Labute approximate surface area is 180 Å². The van der Waals surface area contributed by atoms with E-state index in [0.717, 1.165) is 15.6 Å². The van der Waals surface area contributed by atoms with E-state index in [2.05, 4.69) is 22.0 Å². The summed E-state index contributed by atoms with van der Waals surface area (Å²) in [6, 6.07) is 15.8. The van der Waals surface area contributed by atoms with E-state index < -0.39 is 11.5 Å². The summed E-state index contributed by atoms with van der Waals surface area (Å²) in [5, 5.41) is 19.2. The summed E-state index contributed by atoms with van der Waals surface area (Å²) in [5.41, 5.74) is 1.26. The van der Waals surface area contributed by atoms with Gasteiger partial charge in [-0.25, -0.2) is 9.18 Å². The van der Waals surface area contributed by atoms with E-state index in [-0.39, 0.29) is 17.8 Å². The van der Waals surface area contributed by atoms with Crippen molar-refractivity contribution in [3.8, 4) is 6.07 Å². The number of carboxylic acid groups (broad SMARTS) is 1. The quantitative estimate of drug-likeness (QED) is 0.473. The van der Waals surface area contributed by atoms with Crippen molar-refractivity contribution in [1.82, 2.24) is 4.90 Å². The number of nitriles is 1. The zero-order valence-electron chi connectivity index (χ0n) is 16.9. The minimum Gasteiger partial charge on any atom is -0.465 e. The molecule has 2 rings (SSSR count). The number of hydrogen-bond acceptors (Lipinski definition) is 2. The van der Waals surface area contributed by atoms with Gasteiger partial charge in [0.25, 0.3) is 0 Å². The molecule has 0 saturated heterocycles. The highest BCUT2D eigenvalue weighted by molar-refractivity contribution is 9.10. The van der Waals surface area contributed by atoms with Gasteiger partial charge in [0.2, 0.25) is 0 Å². The third-order valence-corrected chi connectivity index (χ3v) is 5.71. The van der Waals surface area contributed by atoms with Gasteiger partial charge in [-0.3, -0.25) is 0 Å². The van der Waals surface area contributed by atoms with Gasteiger partial charge in [-0.2, -0.15) is 5.26 Å². The fraction of sp³-hybridized carbons (Fsp3) is 0.391. The maximum absolute atomic E-state index is 13.4. The van der Waals surface area contributed by atoms with Crippen LogP contribution in [0.4, 0.5) is 9.18 Å². The fourth-order valence-corrected chi connectivity index (χ4v) is 3.72. The first-order valence-corrected chi connectivity index (χ1v) is 10.3. The molecule has 0 unspecified atom stereocenters. The smallest absolute Gasteiger partial charge is 0.407 e. The lowest BCUT2D eigenvalue weighted by Crippen LogP contribution is -2.34. The van der Waals surface area contributed by atoms with Crippen molar-refractivity contribution in [2.75, 3.05) is 6.54 Å². The highest BCUT2D eigenvalue weighted by atomic mass is 79.9. The van der Waals surface area contributed by atoms with Crippen LogP contribution in [-0.4, -0.2) is 22.6 Å². The molecule has 0 heterocycles. The average molecular weight is 461 g/mol. The Hall–Kier alpha value is -2.39. The van der Waals surface area contributed by atoms with Gasteiger partial charge in [0.15, 0.2) is 0 Å². The van der Waals surface area contributed by atoms with Crippen LogP contribution in [0.5, 0.6) is 0 Å². The Morgan fingerprint density at radius 3 is 2.24 bits per heavy atom. The second kappa shape index (κ2) is 9.89. The van der Waals surface area contributed by atoms with Gasteiger partial charge in [0.05, 0.1) is 17.5 Å². The van der Waals surface area contributed by atoms with Crippen LogP contribution in [0.3, 0.4) is 0 Å². The van der Waals surface area contributed by atoms with Crippen molar-refractivity contribution in [1.29, 1.82) is 5.26 Å². The minimum absolute atomic E-state index is 0.0517. The van der Waals surface area contributed by atoms with Crippen LogP contribution in [-0.2, 0) is 0 Å². The average Bonchev–Trinajstić information content (AvgIpc) is 2.68. The molecule has 0 fully saturated rings.